The number of halogens is 1. The van der Waals surface area contributed by atoms with Crippen LogP contribution < -0.4 is 0 Å². The van der Waals surface area contributed by atoms with E-state index in [2.05, 4.69) is 17.5 Å². The van der Waals surface area contributed by atoms with Crippen LogP contribution in [0, 0.1) is 5.41 Å². The van der Waals surface area contributed by atoms with Crippen LogP contribution in [0.1, 0.15) is 11.1 Å². The Hall–Kier alpha value is -0.661. The van der Waals surface area contributed by atoms with E-state index >= 15 is 0 Å². The molecule has 0 aromatic heterocycles. The average Bonchev–Trinajstić information content (AvgIpc) is 2.38. The first kappa shape index (κ1) is 15.4. The van der Waals surface area contributed by atoms with Gasteiger partial charge in [0.1, 0.15) is 0 Å². The van der Waals surface area contributed by atoms with Crippen LogP contribution in [0.3, 0.4) is 0 Å². The van der Waals surface area contributed by atoms with E-state index in [1.807, 2.05) is 48.7 Å². The van der Waals surface area contributed by atoms with Gasteiger partial charge in [-0.2, -0.15) is 5.57 Å². The molecule has 96 valence electrons. The molecule has 0 amide bonds. The van der Waals surface area contributed by atoms with Gasteiger partial charge in [0.05, 0.1) is 0 Å². The predicted molar refractivity (Wildman–Crippen MR) is 77.2 cm³/mol. The van der Waals surface area contributed by atoms with Crippen molar-refractivity contribution in [3.8, 4) is 0 Å². The van der Waals surface area contributed by atoms with Crippen LogP contribution in [0.4, 0.5) is 0 Å². The van der Waals surface area contributed by atoms with Crippen molar-refractivity contribution in [3.63, 3.8) is 0 Å². The molecule has 0 saturated carbocycles. The Bertz CT molecular complexity index is 506. The minimum Gasteiger partial charge on any atom is -0.210 e. The zero-order chi connectivity index (χ0) is 12.1. The molecule has 0 bridgehead atoms. The molecule has 0 spiro atoms. The molecule has 2 rings (SSSR count). The van der Waals surface area contributed by atoms with Gasteiger partial charge in [-0.15, -0.1) is 40.8 Å². The maximum Gasteiger partial charge on any atom is 1.00 e. The van der Waals surface area contributed by atoms with Gasteiger partial charge < -0.3 is 0 Å². The summed E-state index contributed by atoms with van der Waals surface area (Å²) in [6.07, 6.45) is 2.01. The summed E-state index contributed by atoms with van der Waals surface area (Å²) in [5.41, 5.74) is 3.41. The fourth-order valence-corrected chi connectivity index (χ4v) is 2.17. The second-order valence-electron chi connectivity index (χ2n) is 3.55. The molecule has 18 heavy (non-hydrogen) atoms. The van der Waals surface area contributed by atoms with Crippen LogP contribution in [0.25, 0.3) is 5.57 Å². The summed E-state index contributed by atoms with van der Waals surface area (Å²) in [6, 6.07) is 18.1. The summed E-state index contributed by atoms with van der Waals surface area (Å²) in [5, 5.41) is 4.08. The molecule has 3 heteroatoms. The first-order valence-corrected chi connectivity index (χ1v) is 6.89. The summed E-state index contributed by atoms with van der Waals surface area (Å²) >= 11 is 7.49. The Morgan fingerprint density at radius 2 is 1.50 bits per heavy atom. The first-order valence-electron chi connectivity index (χ1n) is 5.28. The summed E-state index contributed by atoms with van der Waals surface area (Å²) in [6.45, 7) is 0. The Labute approximate surface area is 128 Å². The van der Waals surface area contributed by atoms with E-state index in [4.69, 9.17) is 11.6 Å². The fourth-order valence-electron chi connectivity index (χ4n) is 1.61. The van der Waals surface area contributed by atoms with Crippen LogP contribution in [-0.4, -0.2) is 6.26 Å². The Kier molecular flexibility index (Phi) is 6.59. The molecule has 0 heterocycles. The summed E-state index contributed by atoms with van der Waals surface area (Å²) < 4.78 is 0. The molecule has 0 atom stereocenters. The minimum atomic E-state index is 0. The number of hydrogen-bond donors (Lipinski definition) is 0. The van der Waals surface area contributed by atoms with Gasteiger partial charge >= 0.3 is 17.1 Å². The van der Waals surface area contributed by atoms with Crippen LogP contribution in [0.15, 0.2) is 54.6 Å². The van der Waals surface area contributed by atoms with Crippen molar-refractivity contribution in [1.82, 2.24) is 0 Å². The third kappa shape index (κ3) is 3.93. The number of benzene rings is 2. The van der Waals surface area contributed by atoms with Gasteiger partial charge in [-0.25, -0.2) is 11.8 Å². The minimum absolute atomic E-state index is 0. The van der Waals surface area contributed by atoms with Crippen molar-refractivity contribution in [2.75, 3.05) is 6.26 Å². The van der Waals surface area contributed by atoms with Crippen molar-refractivity contribution in [2.45, 2.75) is 0 Å². The van der Waals surface area contributed by atoms with Crippen molar-refractivity contribution in [2.24, 2.45) is 0 Å². The van der Waals surface area contributed by atoms with Crippen LogP contribution in [0.5, 0.6) is 0 Å². The molecule has 0 aliphatic carbocycles. The molecule has 2 aromatic rings. The average molecular weight is 323 g/mol. The van der Waals surface area contributed by atoms with E-state index in [-0.39, 0.29) is 17.1 Å². The smallest absolute Gasteiger partial charge is 0.210 e. The third-order valence-corrected chi connectivity index (χ3v) is 3.06. The van der Waals surface area contributed by atoms with Gasteiger partial charge in [0.2, 0.25) is 0 Å². The zero-order valence-electron chi connectivity index (χ0n) is 9.78. The molecule has 0 N–H and O–H groups in total. The number of rotatable bonds is 3. The molecular weight excluding hydrogens is 311 g/mol. The molecule has 0 fully saturated rings. The topological polar surface area (TPSA) is 0 Å². The number of thioether (sulfide) groups is 1. The Morgan fingerprint density at radius 1 is 0.944 bits per heavy atom. The van der Waals surface area contributed by atoms with Crippen molar-refractivity contribution < 1.29 is 17.1 Å². The maximum atomic E-state index is 5.90. The molecule has 0 unspecified atom stereocenters. The molecule has 2 aromatic carbocycles. The van der Waals surface area contributed by atoms with Gasteiger partial charge in [-0.1, -0.05) is 41.9 Å². The first-order chi connectivity index (χ1) is 8.31. The van der Waals surface area contributed by atoms with Gasteiger partial charge in [0, 0.05) is 5.02 Å². The Balaban J connectivity index is 0.00000162. The number of hydrogen-bond acceptors (Lipinski definition) is 1. The van der Waals surface area contributed by atoms with E-state index in [0.29, 0.717) is 0 Å². The van der Waals surface area contributed by atoms with E-state index in [1.54, 1.807) is 11.8 Å². The van der Waals surface area contributed by atoms with Crippen LogP contribution in [0.2, 0.25) is 5.02 Å². The quantitative estimate of drug-likeness (QED) is 0.572. The zero-order valence-corrected chi connectivity index (χ0v) is 12.3. The molecular formula is C15H12ClCuS. The second kappa shape index (κ2) is 7.70. The Morgan fingerprint density at radius 3 is 2.06 bits per heavy atom. The molecule has 0 radical (unpaired) electrons. The van der Waals surface area contributed by atoms with E-state index in [9.17, 15) is 0 Å². The van der Waals surface area contributed by atoms with E-state index in [0.717, 1.165) is 16.2 Å². The predicted octanol–water partition coefficient (Wildman–Crippen LogP) is 4.89. The molecule has 0 aliphatic rings. The van der Waals surface area contributed by atoms with Crippen LogP contribution >= 0.6 is 23.4 Å². The van der Waals surface area contributed by atoms with Crippen molar-refractivity contribution in [3.05, 3.63) is 76.2 Å². The summed E-state index contributed by atoms with van der Waals surface area (Å²) in [7, 11) is 0. The molecule has 0 saturated heterocycles. The standard InChI is InChI=1S/C15H12ClS.Cu/c1-17-11-15(12-5-3-2-4-6-12)13-7-9-14(16)10-8-13;/h2-10H,1H3;/q-1;+1. The SMILES string of the molecule is CS[C-]=C(c1ccccc1)c1ccc(Cl)cc1.[Cu+]. The fraction of sp³-hybridized carbons (Fsp3) is 0.0667. The second-order valence-corrected chi connectivity index (χ2v) is 4.60. The van der Waals surface area contributed by atoms with E-state index in [1.165, 1.54) is 5.56 Å². The van der Waals surface area contributed by atoms with Gasteiger partial charge in [0.15, 0.2) is 0 Å². The summed E-state index contributed by atoms with van der Waals surface area (Å²) in [5.74, 6) is 0. The third-order valence-electron chi connectivity index (χ3n) is 2.40. The maximum absolute atomic E-state index is 5.90. The normalized spacial score (nSPS) is 10.9. The van der Waals surface area contributed by atoms with Crippen molar-refractivity contribution in [1.29, 1.82) is 0 Å². The monoisotopic (exact) mass is 322 g/mol. The molecule has 0 aliphatic heterocycles. The van der Waals surface area contributed by atoms with Gasteiger partial charge in [-0.05, 0) is 6.26 Å². The van der Waals surface area contributed by atoms with Crippen molar-refractivity contribution >= 4 is 28.9 Å². The van der Waals surface area contributed by atoms with Gasteiger partial charge in [0.25, 0.3) is 0 Å². The largest absolute Gasteiger partial charge is 1.00 e. The summed E-state index contributed by atoms with van der Waals surface area (Å²) in [4.78, 5) is 0. The molecule has 0 nitrogen and oxygen atoms in total. The van der Waals surface area contributed by atoms with Gasteiger partial charge in [-0.3, -0.25) is 0 Å². The van der Waals surface area contributed by atoms with E-state index < -0.39 is 0 Å². The van der Waals surface area contributed by atoms with Crippen LogP contribution in [-0.2, 0) is 17.1 Å².